The number of halogens is 2. The van der Waals surface area contributed by atoms with E-state index in [9.17, 15) is 9.59 Å². The molecule has 2 amide bonds. The van der Waals surface area contributed by atoms with Gasteiger partial charge in [0, 0.05) is 39.2 Å². The number of carbonyl (C=O) groups is 2. The fourth-order valence-electron chi connectivity index (χ4n) is 2.02. The van der Waals surface area contributed by atoms with E-state index in [1.807, 2.05) is 0 Å². The lowest BCUT2D eigenvalue weighted by atomic mass is 10.3. The maximum absolute atomic E-state index is 12.2. The van der Waals surface area contributed by atoms with Crippen molar-refractivity contribution in [2.45, 2.75) is 6.42 Å². The van der Waals surface area contributed by atoms with Gasteiger partial charge >= 0.3 is 0 Å². The van der Waals surface area contributed by atoms with Gasteiger partial charge in [-0.15, -0.1) is 24.8 Å². The molecule has 0 fully saturated rings. The van der Waals surface area contributed by atoms with Crippen LogP contribution in [0.2, 0.25) is 0 Å². The second kappa shape index (κ2) is 9.63. The summed E-state index contributed by atoms with van der Waals surface area (Å²) >= 11 is 0. The predicted molar refractivity (Wildman–Crippen MR) is 102 cm³/mol. The number of nitrogens with one attached hydrogen (secondary N) is 3. The minimum absolute atomic E-state index is 0. The van der Waals surface area contributed by atoms with Crippen LogP contribution in [0.3, 0.4) is 0 Å². The predicted octanol–water partition coefficient (Wildman–Crippen LogP) is -0.112. The normalized spacial score (nSPS) is 9.62. The quantitative estimate of drug-likeness (QED) is 0.331. The van der Waals surface area contributed by atoms with Crippen LogP contribution in [-0.2, 0) is 14.1 Å². The Kier molecular flexibility index (Phi) is 8.60. The van der Waals surface area contributed by atoms with Gasteiger partial charge < -0.3 is 22.1 Å². The van der Waals surface area contributed by atoms with E-state index in [1.165, 1.54) is 21.5 Å². The van der Waals surface area contributed by atoms with Crippen LogP contribution >= 0.6 is 24.8 Å². The molecule has 0 atom stereocenters. The number of rotatable bonds is 6. The fraction of sp³-hybridized carbons (Fsp3) is 0.308. The van der Waals surface area contributed by atoms with Crippen molar-refractivity contribution in [2.24, 2.45) is 19.8 Å². The Balaban J connectivity index is 0.00000312. The highest BCUT2D eigenvalue weighted by Crippen LogP contribution is 2.11. The molecule has 2 heterocycles. The molecule has 2 rings (SSSR count). The average molecular weight is 406 g/mol. The fourth-order valence-corrected chi connectivity index (χ4v) is 2.02. The van der Waals surface area contributed by atoms with Gasteiger partial charge in [0.05, 0.1) is 5.84 Å². The van der Waals surface area contributed by atoms with Crippen LogP contribution in [0.5, 0.6) is 0 Å². The summed E-state index contributed by atoms with van der Waals surface area (Å²) in [7, 11) is 3.18. The monoisotopic (exact) mass is 405 g/mol. The van der Waals surface area contributed by atoms with Crippen LogP contribution in [0.15, 0.2) is 12.1 Å². The van der Waals surface area contributed by atoms with Crippen molar-refractivity contribution < 1.29 is 9.59 Å². The standard InChI is InChI=1S/C13H19N9O2.2ClH/c1-21-7(5-10(16)19-21)13(24)18-11-6-8(22(2)20-11)12(23)17-4-3-9(14)15;;/h5-6H,3-4H2,1-2H3,(H3,14,15)(H2,16,19)(H,17,23)(H,18,20,24);2*1H. The average Bonchev–Trinajstić information content (AvgIpc) is 3.00. The number of amidine groups is 1. The third-order valence-electron chi connectivity index (χ3n) is 3.17. The number of nitrogens with zero attached hydrogens (tertiary/aromatic N) is 4. The molecule has 144 valence electrons. The summed E-state index contributed by atoms with van der Waals surface area (Å²) in [5.74, 6) is -0.378. The Hall–Kier alpha value is -2.79. The summed E-state index contributed by atoms with van der Waals surface area (Å²) in [6, 6.07) is 2.88. The summed E-state index contributed by atoms with van der Waals surface area (Å²) < 4.78 is 2.69. The second-order valence-corrected chi connectivity index (χ2v) is 5.10. The summed E-state index contributed by atoms with van der Waals surface area (Å²) in [5, 5.41) is 20.3. The molecule has 0 saturated carbocycles. The number of aromatic nitrogens is 4. The zero-order valence-corrected chi connectivity index (χ0v) is 15.8. The summed E-state index contributed by atoms with van der Waals surface area (Å²) in [6.07, 6.45) is 0.259. The minimum Gasteiger partial charge on any atom is -0.388 e. The molecule has 0 aliphatic heterocycles. The highest BCUT2D eigenvalue weighted by Gasteiger charge is 2.17. The zero-order valence-electron chi connectivity index (χ0n) is 14.1. The SMILES string of the molecule is Cl.Cl.Cn1nc(NC(=O)c2cc(N)nn2C)cc1C(=O)NCCC(=N)N. The molecule has 0 aliphatic carbocycles. The lowest BCUT2D eigenvalue weighted by Gasteiger charge is -2.03. The van der Waals surface area contributed by atoms with Crippen LogP contribution in [0, 0.1) is 5.41 Å². The smallest absolute Gasteiger partial charge is 0.275 e. The minimum atomic E-state index is -0.441. The van der Waals surface area contributed by atoms with Crippen LogP contribution < -0.4 is 22.1 Å². The summed E-state index contributed by atoms with van der Waals surface area (Å²) in [4.78, 5) is 24.2. The number of carbonyl (C=O) groups excluding carboxylic acids is 2. The molecule has 2 aromatic rings. The maximum atomic E-state index is 12.2. The molecule has 26 heavy (non-hydrogen) atoms. The number of hydrogen-bond acceptors (Lipinski definition) is 6. The largest absolute Gasteiger partial charge is 0.388 e. The molecule has 7 N–H and O–H groups in total. The Morgan fingerprint density at radius 3 is 2.23 bits per heavy atom. The van der Waals surface area contributed by atoms with Gasteiger partial charge in [-0.2, -0.15) is 10.2 Å². The number of anilines is 2. The summed E-state index contributed by atoms with van der Waals surface area (Å²) in [5.41, 5.74) is 11.3. The maximum Gasteiger partial charge on any atom is 0.275 e. The van der Waals surface area contributed by atoms with E-state index in [4.69, 9.17) is 16.9 Å². The number of amides is 2. The van der Waals surface area contributed by atoms with Gasteiger partial charge in [-0.05, 0) is 0 Å². The third-order valence-corrected chi connectivity index (χ3v) is 3.17. The molecule has 11 nitrogen and oxygen atoms in total. The van der Waals surface area contributed by atoms with Gasteiger partial charge in [0.2, 0.25) is 0 Å². The Labute approximate surface area is 161 Å². The van der Waals surface area contributed by atoms with E-state index in [0.717, 1.165) is 0 Å². The molecule has 0 unspecified atom stereocenters. The van der Waals surface area contributed by atoms with Crippen molar-refractivity contribution in [2.75, 3.05) is 17.6 Å². The van der Waals surface area contributed by atoms with Crippen molar-refractivity contribution in [1.29, 1.82) is 5.41 Å². The first-order chi connectivity index (χ1) is 11.3. The van der Waals surface area contributed by atoms with Crippen molar-refractivity contribution in [3.05, 3.63) is 23.5 Å². The van der Waals surface area contributed by atoms with Gasteiger partial charge in [-0.3, -0.25) is 24.4 Å². The lowest BCUT2D eigenvalue weighted by molar-refractivity contribution is 0.0944. The number of nitrogens with two attached hydrogens (primary N) is 2. The number of aryl methyl sites for hydroxylation is 2. The molecular weight excluding hydrogens is 385 g/mol. The molecule has 0 spiro atoms. The van der Waals surface area contributed by atoms with Crippen molar-refractivity contribution >= 4 is 54.1 Å². The van der Waals surface area contributed by atoms with Crippen LogP contribution in [-0.4, -0.2) is 43.8 Å². The van der Waals surface area contributed by atoms with Crippen molar-refractivity contribution in [1.82, 2.24) is 24.9 Å². The lowest BCUT2D eigenvalue weighted by Crippen LogP contribution is -2.29. The van der Waals surface area contributed by atoms with Crippen molar-refractivity contribution in [3.63, 3.8) is 0 Å². The topological polar surface area (TPSA) is 170 Å². The molecule has 0 saturated heterocycles. The number of hydrogen-bond donors (Lipinski definition) is 5. The van der Waals surface area contributed by atoms with Crippen LogP contribution in [0.1, 0.15) is 27.4 Å². The van der Waals surface area contributed by atoms with Gasteiger partial charge in [0.25, 0.3) is 11.8 Å². The summed E-state index contributed by atoms with van der Waals surface area (Å²) in [6.45, 7) is 0.245. The third kappa shape index (κ3) is 5.63. The van der Waals surface area contributed by atoms with Crippen LogP contribution in [0.25, 0.3) is 0 Å². The molecule has 2 aromatic heterocycles. The molecule has 0 bridgehead atoms. The van der Waals surface area contributed by atoms with E-state index in [1.54, 1.807) is 14.1 Å². The van der Waals surface area contributed by atoms with E-state index in [-0.39, 0.29) is 72.5 Å². The highest BCUT2D eigenvalue weighted by molar-refractivity contribution is 6.03. The first-order valence-electron chi connectivity index (χ1n) is 7.04. The zero-order chi connectivity index (χ0) is 17.9. The van der Waals surface area contributed by atoms with Gasteiger partial charge in [0.1, 0.15) is 17.2 Å². The van der Waals surface area contributed by atoms with E-state index in [0.29, 0.717) is 0 Å². The van der Waals surface area contributed by atoms with Gasteiger partial charge in [0.15, 0.2) is 5.82 Å². The van der Waals surface area contributed by atoms with Gasteiger partial charge in [-0.25, -0.2) is 0 Å². The van der Waals surface area contributed by atoms with Crippen molar-refractivity contribution in [3.8, 4) is 0 Å². The first-order valence-corrected chi connectivity index (χ1v) is 7.04. The first kappa shape index (κ1) is 23.2. The number of nitrogen functional groups attached to an aromatic ring is 1. The molecular formula is C13H21Cl2N9O2. The van der Waals surface area contributed by atoms with E-state index >= 15 is 0 Å². The molecule has 13 heteroatoms. The van der Waals surface area contributed by atoms with E-state index < -0.39 is 5.91 Å². The van der Waals surface area contributed by atoms with Gasteiger partial charge in [-0.1, -0.05) is 0 Å². The second-order valence-electron chi connectivity index (χ2n) is 5.10. The Morgan fingerprint density at radius 1 is 1.12 bits per heavy atom. The van der Waals surface area contributed by atoms with Crippen LogP contribution in [0.4, 0.5) is 11.6 Å². The molecule has 0 aromatic carbocycles. The Morgan fingerprint density at radius 2 is 1.69 bits per heavy atom. The molecule has 0 aliphatic rings. The van der Waals surface area contributed by atoms with E-state index in [2.05, 4.69) is 20.8 Å². The molecule has 0 radical (unpaired) electrons. The highest BCUT2D eigenvalue weighted by atomic mass is 35.5. The Bertz CT molecular complexity index is 800.